The van der Waals surface area contributed by atoms with Crippen LogP contribution in [0.2, 0.25) is 0 Å². The number of anilines is 3. The Morgan fingerprint density at radius 3 is 2.87 bits per heavy atom. The van der Waals surface area contributed by atoms with Crippen molar-refractivity contribution in [3.8, 4) is 0 Å². The lowest BCUT2D eigenvalue weighted by molar-refractivity contribution is -0.116. The summed E-state index contributed by atoms with van der Waals surface area (Å²) < 4.78 is 0. The van der Waals surface area contributed by atoms with Gasteiger partial charge in [0.15, 0.2) is 0 Å². The zero-order valence-electron chi connectivity index (χ0n) is 16.5. The van der Waals surface area contributed by atoms with E-state index in [-0.39, 0.29) is 11.9 Å². The van der Waals surface area contributed by atoms with E-state index in [4.69, 9.17) is 0 Å². The Morgan fingerprint density at radius 1 is 1.13 bits per heavy atom. The number of thioether (sulfide) groups is 1. The van der Waals surface area contributed by atoms with Gasteiger partial charge in [-0.05, 0) is 29.8 Å². The highest BCUT2D eigenvalue weighted by Crippen LogP contribution is 2.38. The van der Waals surface area contributed by atoms with Gasteiger partial charge in [0.2, 0.25) is 5.91 Å². The lowest BCUT2D eigenvalue weighted by Gasteiger charge is -2.29. The van der Waals surface area contributed by atoms with Crippen LogP contribution < -0.4 is 15.5 Å². The van der Waals surface area contributed by atoms with Gasteiger partial charge in [0.25, 0.3) is 0 Å². The van der Waals surface area contributed by atoms with Crippen molar-refractivity contribution >= 4 is 51.7 Å². The van der Waals surface area contributed by atoms with Crippen LogP contribution in [0, 0.1) is 0 Å². The quantitative estimate of drug-likeness (QED) is 0.433. The Balaban J connectivity index is 1.36. The molecule has 0 radical (unpaired) electrons. The number of urea groups is 1. The molecule has 0 aliphatic carbocycles. The molecule has 8 heteroatoms. The average molecular weight is 430 g/mol. The number of aromatic amines is 1. The zero-order valence-corrected chi connectivity index (χ0v) is 17.3. The molecule has 1 aliphatic rings. The molecule has 2 aromatic carbocycles. The van der Waals surface area contributed by atoms with Crippen LogP contribution in [0.5, 0.6) is 0 Å². The summed E-state index contributed by atoms with van der Waals surface area (Å²) in [5.41, 5.74) is 4.01. The summed E-state index contributed by atoms with van der Waals surface area (Å²) in [5.74, 6) is 0.455. The highest BCUT2D eigenvalue weighted by Gasteiger charge is 2.25. The topological polar surface area (TPSA) is 90.1 Å². The van der Waals surface area contributed by atoms with E-state index in [1.54, 1.807) is 23.5 Å². The van der Waals surface area contributed by atoms with Crippen LogP contribution in [0.15, 0.2) is 78.1 Å². The van der Waals surface area contributed by atoms with Gasteiger partial charge < -0.3 is 20.5 Å². The van der Waals surface area contributed by atoms with E-state index in [9.17, 15) is 9.59 Å². The lowest BCUT2D eigenvalue weighted by atomic mass is 10.2. The number of nitrogens with zero attached hydrogens (tertiary/aromatic N) is 2. The van der Waals surface area contributed by atoms with Gasteiger partial charge in [-0.1, -0.05) is 30.3 Å². The number of pyridine rings is 1. The van der Waals surface area contributed by atoms with Crippen molar-refractivity contribution < 1.29 is 9.59 Å². The monoisotopic (exact) mass is 429 g/mol. The summed E-state index contributed by atoms with van der Waals surface area (Å²) in [5, 5.41) is 6.54. The molecular formula is C23H19N5O2S. The number of fused-ring (bicyclic) bond motifs is 2. The van der Waals surface area contributed by atoms with Crippen molar-refractivity contribution in [2.45, 2.75) is 11.4 Å². The van der Waals surface area contributed by atoms with Crippen molar-refractivity contribution in [1.82, 2.24) is 9.97 Å². The zero-order chi connectivity index (χ0) is 21.2. The summed E-state index contributed by atoms with van der Waals surface area (Å²) in [7, 11) is 0. The third-order valence-corrected chi connectivity index (χ3v) is 6.12. The van der Waals surface area contributed by atoms with E-state index < -0.39 is 0 Å². The van der Waals surface area contributed by atoms with Crippen LogP contribution in [0.25, 0.3) is 10.9 Å². The van der Waals surface area contributed by atoms with Crippen molar-refractivity contribution in [1.29, 1.82) is 0 Å². The predicted molar refractivity (Wildman–Crippen MR) is 124 cm³/mol. The molecule has 0 fully saturated rings. The number of rotatable bonds is 4. The number of amides is 3. The van der Waals surface area contributed by atoms with Gasteiger partial charge in [-0.25, -0.2) is 4.79 Å². The fourth-order valence-electron chi connectivity index (χ4n) is 3.57. The van der Waals surface area contributed by atoms with Crippen LogP contribution in [0.1, 0.15) is 5.56 Å². The lowest BCUT2D eigenvalue weighted by Crippen LogP contribution is -2.34. The Bertz CT molecular complexity index is 1270. The molecule has 0 spiro atoms. The van der Waals surface area contributed by atoms with Gasteiger partial charge in [0, 0.05) is 34.6 Å². The Labute approximate surface area is 182 Å². The molecule has 4 aromatic rings. The van der Waals surface area contributed by atoms with E-state index in [1.807, 2.05) is 54.6 Å². The van der Waals surface area contributed by atoms with Crippen molar-refractivity contribution in [3.05, 3.63) is 78.8 Å². The molecule has 0 saturated carbocycles. The number of hydrogen-bond acceptors (Lipinski definition) is 4. The third kappa shape index (κ3) is 3.97. The van der Waals surface area contributed by atoms with Crippen LogP contribution in [0.4, 0.5) is 21.9 Å². The number of hydrogen-bond donors (Lipinski definition) is 3. The fourth-order valence-corrected chi connectivity index (χ4v) is 4.49. The molecule has 0 atom stereocenters. The molecule has 3 N–H and O–H groups in total. The second-order valence-electron chi connectivity index (χ2n) is 7.14. The molecule has 1 aliphatic heterocycles. The van der Waals surface area contributed by atoms with Gasteiger partial charge in [-0.3, -0.25) is 9.78 Å². The second-order valence-corrected chi connectivity index (χ2v) is 8.16. The minimum absolute atomic E-state index is 0.0502. The van der Waals surface area contributed by atoms with Gasteiger partial charge >= 0.3 is 6.03 Å². The molecule has 31 heavy (non-hydrogen) atoms. The number of carbonyl (C=O) groups excluding carboxylic acids is 2. The molecule has 5 rings (SSSR count). The standard InChI is InChI=1S/C23H19N5O2S/c29-22-14-31-21-7-6-16(10-20(21)28(22)13-15-4-2-1-3-5-15)26-23(30)27-19-12-25-18-8-9-24-11-17(18)19/h1-12,25H,13-14H2,(H2,26,27,30). The molecule has 7 nitrogen and oxygen atoms in total. The molecule has 0 unspecified atom stereocenters. The highest BCUT2D eigenvalue weighted by molar-refractivity contribution is 8.00. The minimum Gasteiger partial charge on any atom is -0.359 e. The van der Waals surface area contributed by atoms with Gasteiger partial charge in [0.1, 0.15) is 0 Å². The maximum Gasteiger partial charge on any atom is 0.323 e. The molecule has 3 heterocycles. The van der Waals surface area contributed by atoms with Gasteiger partial charge in [-0.2, -0.15) is 0 Å². The van der Waals surface area contributed by atoms with E-state index in [0.717, 1.165) is 27.0 Å². The third-order valence-electron chi connectivity index (χ3n) is 5.07. The number of nitrogens with one attached hydrogen (secondary N) is 3. The van der Waals surface area contributed by atoms with Crippen molar-refractivity contribution in [2.24, 2.45) is 0 Å². The van der Waals surface area contributed by atoms with Crippen LogP contribution >= 0.6 is 11.8 Å². The van der Waals surface area contributed by atoms with Crippen LogP contribution in [0.3, 0.4) is 0 Å². The van der Waals surface area contributed by atoms with Crippen molar-refractivity contribution in [3.63, 3.8) is 0 Å². The van der Waals surface area contributed by atoms with Crippen LogP contribution in [-0.4, -0.2) is 27.7 Å². The molecule has 154 valence electrons. The highest BCUT2D eigenvalue weighted by atomic mass is 32.2. The summed E-state index contributed by atoms with van der Waals surface area (Å²) >= 11 is 1.51. The average Bonchev–Trinajstić information content (AvgIpc) is 3.19. The van der Waals surface area contributed by atoms with Gasteiger partial charge in [0.05, 0.1) is 29.2 Å². The smallest absolute Gasteiger partial charge is 0.323 e. The maximum absolute atomic E-state index is 12.6. The maximum atomic E-state index is 12.6. The molecule has 3 amide bonds. The first-order valence-corrected chi connectivity index (χ1v) is 10.8. The van der Waals surface area contributed by atoms with Crippen molar-refractivity contribution in [2.75, 3.05) is 21.3 Å². The van der Waals surface area contributed by atoms with E-state index in [1.165, 1.54) is 11.8 Å². The number of benzene rings is 2. The largest absolute Gasteiger partial charge is 0.359 e. The second kappa shape index (κ2) is 8.16. The van der Waals surface area contributed by atoms with Gasteiger partial charge in [-0.15, -0.1) is 11.8 Å². The number of aromatic nitrogens is 2. The minimum atomic E-state index is -0.367. The Hall–Kier alpha value is -3.78. The Morgan fingerprint density at radius 2 is 2.00 bits per heavy atom. The molecular weight excluding hydrogens is 410 g/mol. The molecule has 0 bridgehead atoms. The number of H-pyrrole nitrogens is 1. The van der Waals surface area contributed by atoms with E-state index >= 15 is 0 Å². The summed E-state index contributed by atoms with van der Waals surface area (Å²) in [4.78, 5) is 35.2. The molecule has 0 saturated heterocycles. The van der Waals surface area contributed by atoms with E-state index in [2.05, 4.69) is 20.6 Å². The normalized spacial score (nSPS) is 13.2. The van der Waals surface area contributed by atoms with Crippen LogP contribution in [-0.2, 0) is 11.3 Å². The summed E-state index contributed by atoms with van der Waals surface area (Å²) in [6.07, 6.45) is 5.12. The SMILES string of the molecule is O=C(Nc1ccc2c(c1)N(Cc1ccccc1)C(=O)CS2)Nc1c[nH]c2ccncc12. The Kier molecular flexibility index (Phi) is 5.05. The first-order valence-electron chi connectivity index (χ1n) is 9.77. The molecule has 2 aromatic heterocycles. The number of carbonyl (C=O) groups is 2. The summed E-state index contributed by atoms with van der Waals surface area (Å²) in [6.45, 7) is 0.491. The van der Waals surface area contributed by atoms with E-state index in [0.29, 0.717) is 23.7 Å². The first kappa shape index (κ1) is 19.2. The fraction of sp³-hybridized carbons (Fsp3) is 0.0870. The predicted octanol–water partition coefficient (Wildman–Crippen LogP) is 4.85. The first-order chi connectivity index (χ1) is 15.2. The summed E-state index contributed by atoms with van der Waals surface area (Å²) in [6, 6.07) is 17.0.